The maximum atomic E-state index is 12.2. The predicted octanol–water partition coefficient (Wildman–Crippen LogP) is 2.16. The highest BCUT2D eigenvalue weighted by atomic mass is 16.5. The number of carbonyl (C=O) groups is 2. The van der Waals surface area contributed by atoms with Crippen LogP contribution in [0.5, 0.6) is 0 Å². The summed E-state index contributed by atoms with van der Waals surface area (Å²) in [6, 6.07) is 0.376. The van der Waals surface area contributed by atoms with Gasteiger partial charge in [-0.2, -0.15) is 0 Å². The molecule has 2 fully saturated rings. The first-order valence-electron chi connectivity index (χ1n) is 9.35. The van der Waals surface area contributed by atoms with E-state index in [0.29, 0.717) is 24.8 Å². The highest BCUT2D eigenvalue weighted by Crippen LogP contribution is 2.32. The maximum Gasteiger partial charge on any atom is 0.337 e. The van der Waals surface area contributed by atoms with Crippen LogP contribution in [0.15, 0.2) is 11.3 Å². The molecule has 2 saturated carbocycles. The molecule has 3 aliphatic rings. The van der Waals surface area contributed by atoms with E-state index in [0.717, 1.165) is 18.2 Å². The molecule has 24 heavy (non-hydrogen) atoms. The Balaban J connectivity index is 1.70. The van der Waals surface area contributed by atoms with Crippen molar-refractivity contribution in [3.05, 3.63) is 11.3 Å². The first-order valence-corrected chi connectivity index (χ1v) is 9.35. The van der Waals surface area contributed by atoms with Crippen molar-refractivity contribution in [3.8, 4) is 0 Å². The fourth-order valence-corrected chi connectivity index (χ4v) is 3.77. The summed E-state index contributed by atoms with van der Waals surface area (Å²) in [5.74, 6) is 0.428. The molecule has 0 aromatic carbocycles. The molecule has 0 bridgehead atoms. The number of nitrogens with zero attached hydrogens (tertiary/aromatic N) is 1. The zero-order valence-electron chi connectivity index (χ0n) is 14.6. The average Bonchev–Trinajstić information content (AvgIpc) is 3.40. The molecule has 0 radical (unpaired) electrons. The Morgan fingerprint density at radius 3 is 2.62 bits per heavy atom. The van der Waals surface area contributed by atoms with Crippen molar-refractivity contribution in [2.75, 3.05) is 26.2 Å². The normalized spacial score (nSPS) is 22.3. The van der Waals surface area contributed by atoms with Gasteiger partial charge in [-0.15, -0.1) is 0 Å². The molecule has 6 heteroatoms. The molecule has 0 saturated heterocycles. The summed E-state index contributed by atoms with van der Waals surface area (Å²) in [4.78, 5) is 26.4. The molecule has 2 amide bonds. The number of carbonyl (C=O) groups excluding carboxylic acids is 2. The van der Waals surface area contributed by atoms with E-state index in [1.165, 1.54) is 44.9 Å². The van der Waals surface area contributed by atoms with Crippen LogP contribution >= 0.6 is 0 Å². The number of nitrogens with one attached hydrogen (secondary N) is 2. The van der Waals surface area contributed by atoms with Gasteiger partial charge in [0.25, 0.3) is 0 Å². The van der Waals surface area contributed by atoms with E-state index in [4.69, 9.17) is 4.74 Å². The molecule has 134 valence electrons. The van der Waals surface area contributed by atoms with Crippen LogP contribution in [0.1, 0.15) is 51.9 Å². The Kier molecular flexibility index (Phi) is 5.76. The van der Waals surface area contributed by atoms with Crippen LogP contribution in [-0.4, -0.2) is 49.2 Å². The largest absolute Gasteiger partial charge is 0.463 e. The second-order valence-corrected chi connectivity index (χ2v) is 7.15. The van der Waals surface area contributed by atoms with E-state index in [-0.39, 0.29) is 18.5 Å². The fraction of sp³-hybridized carbons (Fsp3) is 0.778. The quantitative estimate of drug-likeness (QED) is 0.700. The summed E-state index contributed by atoms with van der Waals surface area (Å²) in [5.41, 5.74) is 1.28. The minimum atomic E-state index is -0.326. The third kappa shape index (κ3) is 4.50. The minimum Gasteiger partial charge on any atom is -0.463 e. The topological polar surface area (TPSA) is 70.7 Å². The number of rotatable bonds is 7. The highest BCUT2D eigenvalue weighted by molar-refractivity contribution is 5.93. The lowest BCUT2D eigenvalue weighted by molar-refractivity contribution is -0.138. The van der Waals surface area contributed by atoms with E-state index in [1.54, 1.807) is 6.92 Å². The van der Waals surface area contributed by atoms with Gasteiger partial charge in [0.05, 0.1) is 18.7 Å². The Bertz CT molecular complexity index is 508. The summed E-state index contributed by atoms with van der Waals surface area (Å²) in [5, 5.41) is 5.52. The Hall–Kier alpha value is -1.56. The van der Waals surface area contributed by atoms with E-state index >= 15 is 0 Å². The molecule has 6 nitrogen and oxygen atoms in total. The molecular formula is C18H29N3O3. The standard InChI is InChI=1S/C18H29N3O3/c1-2-24-17(22)15-10-19-18(23)20-16(15)12-21(14-8-9-14)11-13-6-4-3-5-7-13/h13-14H,2-12H2,1H3,(H2,19,20,23). The average molecular weight is 335 g/mol. The molecule has 0 aromatic rings. The molecule has 3 rings (SSSR count). The van der Waals surface area contributed by atoms with Crippen LogP contribution < -0.4 is 10.6 Å². The summed E-state index contributed by atoms with van der Waals surface area (Å²) in [6.07, 6.45) is 9.09. The van der Waals surface area contributed by atoms with Crippen molar-refractivity contribution in [1.82, 2.24) is 15.5 Å². The first-order chi connectivity index (χ1) is 11.7. The van der Waals surface area contributed by atoms with Gasteiger partial charge in [0.1, 0.15) is 0 Å². The minimum absolute atomic E-state index is 0.230. The monoisotopic (exact) mass is 335 g/mol. The van der Waals surface area contributed by atoms with E-state index < -0.39 is 0 Å². The van der Waals surface area contributed by atoms with Crippen molar-refractivity contribution in [1.29, 1.82) is 0 Å². The molecular weight excluding hydrogens is 306 g/mol. The van der Waals surface area contributed by atoms with Gasteiger partial charge in [0, 0.05) is 24.8 Å². The van der Waals surface area contributed by atoms with Gasteiger partial charge in [-0.1, -0.05) is 19.3 Å². The Labute approximate surface area is 144 Å². The lowest BCUT2D eigenvalue weighted by atomic mass is 9.89. The smallest absolute Gasteiger partial charge is 0.337 e. The van der Waals surface area contributed by atoms with Gasteiger partial charge < -0.3 is 15.4 Å². The van der Waals surface area contributed by atoms with Crippen molar-refractivity contribution < 1.29 is 14.3 Å². The second kappa shape index (κ2) is 8.01. The number of hydrogen-bond acceptors (Lipinski definition) is 4. The van der Waals surface area contributed by atoms with Crippen molar-refractivity contribution in [3.63, 3.8) is 0 Å². The van der Waals surface area contributed by atoms with Gasteiger partial charge in [0.15, 0.2) is 0 Å². The van der Waals surface area contributed by atoms with Gasteiger partial charge in [0.2, 0.25) is 0 Å². The molecule has 0 unspecified atom stereocenters. The van der Waals surface area contributed by atoms with Crippen LogP contribution in [0.2, 0.25) is 0 Å². The highest BCUT2D eigenvalue weighted by Gasteiger charge is 2.33. The van der Waals surface area contributed by atoms with Crippen molar-refractivity contribution >= 4 is 12.0 Å². The summed E-state index contributed by atoms with van der Waals surface area (Å²) in [6.45, 7) is 4.11. The molecule has 0 aromatic heterocycles. The zero-order chi connectivity index (χ0) is 16.9. The molecule has 2 aliphatic carbocycles. The van der Waals surface area contributed by atoms with Crippen LogP contribution in [0, 0.1) is 5.92 Å². The van der Waals surface area contributed by atoms with Gasteiger partial charge in [-0.25, -0.2) is 9.59 Å². The van der Waals surface area contributed by atoms with Crippen molar-refractivity contribution in [2.24, 2.45) is 5.92 Å². The Morgan fingerprint density at radius 1 is 1.21 bits per heavy atom. The second-order valence-electron chi connectivity index (χ2n) is 7.15. The van der Waals surface area contributed by atoms with Crippen LogP contribution in [0.25, 0.3) is 0 Å². The first kappa shape index (κ1) is 17.3. The van der Waals surface area contributed by atoms with E-state index in [1.807, 2.05) is 0 Å². The molecule has 2 N–H and O–H groups in total. The fourth-order valence-electron chi connectivity index (χ4n) is 3.77. The summed E-state index contributed by atoms with van der Waals surface area (Å²) < 4.78 is 5.15. The Morgan fingerprint density at radius 2 is 1.96 bits per heavy atom. The predicted molar refractivity (Wildman–Crippen MR) is 91.4 cm³/mol. The van der Waals surface area contributed by atoms with Crippen LogP contribution in [0.3, 0.4) is 0 Å². The third-order valence-corrected chi connectivity index (χ3v) is 5.22. The lowest BCUT2D eigenvalue weighted by Gasteiger charge is -2.32. The van der Waals surface area contributed by atoms with Gasteiger partial charge >= 0.3 is 12.0 Å². The number of ether oxygens (including phenoxy) is 1. The van der Waals surface area contributed by atoms with Crippen LogP contribution in [-0.2, 0) is 9.53 Å². The van der Waals surface area contributed by atoms with E-state index in [9.17, 15) is 9.59 Å². The molecule has 0 spiro atoms. The maximum absolute atomic E-state index is 12.2. The van der Waals surface area contributed by atoms with Gasteiger partial charge in [-0.05, 0) is 38.5 Å². The molecule has 1 aliphatic heterocycles. The third-order valence-electron chi connectivity index (χ3n) is 5.22. The SMILES string of the molecule is CCOC(=O)C1=C(CN(CC2CCCCC2)C2CC2)NC(=O)NC1. The molecule has 1 heterocycles. The van der Waals surface area contributed by atoms with Crippen molar-refractivity contribution in [2.45, 2.75) is 57.9 Å². The number of amides is 2. The zero-order valence-corrected chi connectivity index (χ0v) is 14.6. The summed E-state index contributed by atoms with van der Waals surface area (Å²) >= 11 is 0. The van der Waals surface area contributed by atoms with Gasteiger partial charge in [-0.3, -0.25) is 4.90 Å². The summed E-state index contributed by atoms with van der Waals surface area (Å²) in [7, 11) is 0. The lowest BCUT2D eigenvalue weighted by Crippen LogP contribution is -2.47. The number of esters is 1. The van der Waals surface area contributed by atoms with Crippen LogP contribution in [0.4, 0.5) is 4.79 Å². The molecule has 0 atom stereocenters. The number of hydrogen-bond donors (Lipinski definition) is 2. The number of urea groups is 1. The van der Waals surface area contributed by atoms with E-state index in [2.05, 4.69) is 15.5 Å².